The highest BCUT2D eigenvalue weighted by atomic mass is 16.6. The molecule has 4 unspecified atom stereocenters. The van der Waals surface area contributed by atoms with Crippen LogP contribution in [0.3, 0.4) is 0 Å². The molecule has 3 N–H and O–H groups in total. The lowest BCUT2D eigenvalue weighted by atomic mass is 9.84. The first-order valence-electron chi connectivity index (χ1n) is 20.1. The monoisotopic (exact) mass is 747 g/mol. The molecule has 4 aliphatic rings. The number of esters is 1. The van der Waals surface area contributed by atoms with Gasteiger partial charge < -0.3 is 30.1 Å². The molecule has 0 saturated heterocycles. The molecule has 4 atom stereocenters. The van der Waals surface area contributed by atoms with Crippen LogP contribution in [-0.2, 0) is 36.8 Å². The van der Waals surface area contributed by atoms with Crippen molar-refractivity contribution in [1.29, 1.82) is 0 Å². The number of nitrogens with one attached hydrogen (secondary N) is 2. The van der Waals surface area contributed by atoms with Gasteiger partial charge in [0.15, 0.2) is 0 Å². The van der Waals surface area contributed by atoms with E-state index in [9.17, 15) is 24.3 Å². The minimum Gasteiger partial charge on any atom is -0.462 e. The quantitative estimate of drug-likeness (QED) is 0.175. The summed E-state index contributed by atoms with van der Waals surface area (Å²) in [7, 11) is 0. The highest BCUT2D eigenvalue weighted by Crippen LogP contribution is 2.44. The average Bonchev–Trinajstić information content (AvgIpc) is 3.53. The van der Waals surface area contributed by atoms with E-state index in [0.29, 0.717) is 38.1 Å². The van der Waals surface area contributed by atoms with Crippen molar-refractivity contribution in [3.63, 3.8) is 0 Å². The number of hydrogen-bond acceptors (Lipinski definition) is 7. The van der Waals surface area contributed by atoms with E-state index < -0.39 is 30.1 Å². The van der Waals surface area contributed by atoms with Crippen LogP contribution in [0.25, 0.3) is 11.1 Å². The van der Waals surface area contributed by atoms with Crippen LogP contribution in [0.4, 0.5) is 4.79 Å². The summed E-state index contributed by atoms with van der Waals surface area (Å²) in [6.45, 7) is 0.327. The number of fused-ring (bicyclic) bond motifs is 4. The second-order valence-electron chi connectivity index (χ2n) is 15.6. The second-order valence-corrected chi connectivity index (χ2v) is 15.6. The molecule has 0 spiro atoms. The van der Waals surface area contributed by atoms with Gasteiger partial charge in [-0.2, -0.15) is 0 Å². The molecular weight excluding hydrogens is 695 g/mol. The summed E-state index contributed by atoms with van der Waals surface area (Å²) in [5, 5.41) is 16.1. The Kier molecular flexibility index (Phi) is 12.6. The van der Waals surface area contributed by atoms with E-state index in [1.54, 1.807) is 4.90 Å². The van der Waals surface area contributed by atoms with Crippen LogP contribution in [0.5, 0.6) is 0 Å². The van der Waals surface area contributed by atoms with Crippen molar-refractivity contribution in [3.8, 4) is 11.1 Å². The van der Waals surface area contributed by atoms with Crippen LogP contribution in [0, 0.1) is 11.8 Å². The van der Waals surface area contributed by atoms with Crippen molar-refractivity contribution in [1.82, 2.24) is 15.5 Å². The Morgan fingerprint density at radius 3 is 2.29 bits per heavy atom. The molecule has 10 heteroatoms. The van der Waals surface area contributed by atoms with Crippen LogP contribution in [0.1, 0.15) is 92.4 Å². The van der Waals surface area contributed by atoms with Gasteiger partial charge in [-0.15, -0.1) is 0 Å². The third-order valence-corrected chi connectivity index (χ3v) is 11.9. The highest BCUT2D eigenvalue weighted by Gasteiger charge is 2.34. The summed E-state index contributed by atoms with van der Waals surface area (Å²) in [6, 6.07) is 22.5. The van der Waals surface area contributed by atoms with Crippen LogP contribution in [0.2, 0.25) is 0 Å². The first-order chi connectivity index (χ1) is 26.9. The Morgan fingerprint density at radius 2 is 1.56 bits per heavy atom. The summed E-state index contributed by atoms with van der Waals surface area (Å²) >= 11 is 0. The summed E-state index contributed by atoms with van der Waals surface area (Å²) in [5.74, 6) is -1.36. The molecule has 290 valence electrons. The number of carbonyl (C=O) groups excluding carboxylic acids is 4. The van der Waals surface area contributed by atoms with E-state index >= 15 is 0 Å². The van der Waals surface area contributed by atoms with E-state index in [0.717, 1.165) is 59.1 Å². The van der Waals surface area contributed by atoms with Crippen LogP contribution >= 0.6 is 0 Å². The van der Waals surface area contributed by atoms with Gasteiger partial charge >= 0.3 is 12.1 Å². The summed E-state index contributed by atoms with van der Waals surface area (Å²) < 4.78 is 11.6. The fourth-order valence-electron chi connectivity index (χ4n) is 8.92. The molecule has 1 fully saturated rings. The zero-order valence-electron chi connectivity index (χ0n) is 31.5. The third kappa shape index (κ3) is 9.30. The van der Waals surface area contributed by atoms with Gasteiger partial charge in [-0.25, -0.2) is 9.59 Å². The van der Waals surface area contributed by atoms with Crippen LogP contribution in [0.15, 0.2) is 84.9 Å². The summed E-state index contributed by atoms with van der Waals surface area (Å²) in [5.41, 5.74) is 6.64. The lowest BCUT2D eigenvalue weighted by Crippen LogP contribution is -2.49. The Balaban J connectivity index is 1.02. The number of hydrogen-bond donors (Lipinski definition) is 3. The molecule has 55 heavy (non-hydrogen) atoms. The molecule has 2 aliphatic heterocycles. The van der Waals surface area contributed by atoms with Crippen molar-refractivity contribution < 1.29 is 33.8 Å². The highest BCUT2D eigenvalue weighted by molar-refractivity contribution is 5.87. The fourth-order valence-corrected chi connectivity index (χ4v) is 8.92. The first kappa shape index (κ1) is 38.3. The number of allylic oxidation sites excluding steroid dienone is 2. The molecule has 10 nitrogen and oxygen atoms in total. The molecule has 2 heterocycles. The summed E-state index contributed by atoms with van der Waals surface area (Å²) in [6.07, 6.45) is 10.9. The lowest BCUT2D eigenvalue weighted by Gasteiger charge is -2.37. The largest absolute Gasteiger partial charge is 0.462 e. The van der Waals surface area contributed by atoms with Gasteiger partial charge in [0, 0.05) is 18.9 Å². The minimum atomic E-state index is -0.943. The number of amides is 3. The van der Waals surface area contributed by atoms with Gasteiger partial charge in [-0.3, -0.25) is 9.59 Å². The minimum absolute atomic E-state index is 0.00323. The topological polar surface area (TPSA) is 134 Å². The van der Waals surface area contributed by atoms with Crippen molar-refractivity contribution in [2.24, 2.45) is 11.8 Å². The normalized spacial score (nSPS) is 23.5. The lowest BCUT2D eigenvalue weighted by molar-refractivity contribution is -0.148. The molecule has 3 amide bonds. The average molecular weight is 748 g/mol. The Labute approximate surface area is 323 Å². The van der Waals surface area contributed by atoms with Gasteiger partial charge in [0.25, 0.3) is 0 Å². The number of rotatable bonds is 8. The van der Waals surface area contributed by atoms with E-state index in [1.807, 2.05) is 60.7 Å². The molecule has 0 aromatic heterocycles. The van der Waals surface area contributed by atoms with Crippen LogP contribution in [-0.4, -0.2) is 71.8 Å². The number of cyclic esters (lactones) is 1. The van der Waals surface area contributed by atoms with Crippen molar-refractivity contribution in [2.45, 2.75) is 101 Å². The maximum absolute atomic E-state index is 14.0. The van der Waals surface area contributed by atoms with E-state index in [4.69, 9.17) is 9.47 Å². The SMILES string of the molecule is O=C(NC1CCC=CCC(CC(=O)N2Cc3ccccc3CC2CO)C(=O)NC(CC2CCCCC2)COC1=O)OCC1c2ccccc2-c2ccccc21. The van der Waals surface area contributed by atoms with Gasteiger partial charge in [-0.1, -0.05) is 117 Å². The predicted octanol–water partition coefficient (Wildman–Crippen LogP) is 6.58. The zero-order valence-corrected chi connectivity index (χ0v) is 31.5. The maximum atomic E-state index is 14.0. The molecule has 7 rings (SSSR count). The van der Waals surface area contributed by atoms with Crippen LogP contribution < -0.4 is 10.6 Å². The Bertz CT molecular complexity index is 1820. The molecule has 0 radical (unpaired) electrons. The number of ether oxygens (including phenoxy) is 2. The number of carbonyl (C=O) groups is 4. The van der Waals surface area contributed by atoms with E-state index in [2.05, 4.69) is 34.9 Å². The molecule has 1 saturated carbocycles. The number of benzene rings is 3. The Hall–Kier alpha value is -4.96. The van der Waals surface area contributed by atoms with Gasteiger partial charge in [0.05, 0.1) is 24.6 Å². The molecule has 2 aliphatic carbocycles. The third-order valence-electron chi connectivity index (χ3n) is 11.9. The van der Waals surface area contributed by atoms with Crippen molar-refractivity contribution in [3.05, 3.63) is 107 Å². The standard InChI is InChI=1S/C45H53N3O7/c49-27-35-24-31-15-7-8-17-33(31)26-48(35)42(50)25-32-16-5-2-6-22-41(44(52)54-28-34(46-43(32)51)23-30-13-3-1-4-14-30)47-45(53)55-29-40-38-20-11-9-18-36(38)37-19-10-12-21-39(37)40/h2,5,7-12,15,17-21,30,32,34-35,40-41,49H,1,3-4,6,13-14,16,22-29H2,(H,46,51)(H,47,53). The second kappa shape index (κ2) is 18.1. The smallest absolute Gasteiger partial charge is 0.407 e. The molecule has 3 aromatic rings. The maximum Gasteiger partial charge on any atom is 0.407 e. The summed E-state index contributed by atoms with van der Waals surface area (Å²) in [4.78, 5) is 56.4. The number of aliphatic hydroxyl groups is 1. The molecular formula is C45H53N3O7. The number of nitrogens with zero attached hydrogens (tertiary/aromatic N) is 1. The van der Waals surface area contributed by atoms with Gasteiger partial charge in [0.2, 0.25) is 11.8 Å². The molecule has 0 bridgehead atoms. The first-order valence-corrected chi connectivity index (χ1v) is 20.1. The fraction of sp³-hybridized carbons (Fsp3) is 0.467. The predicted molar refractivity (Wildman–Crippen MR) is 209 cm³/mol. The van der Waals surface area contributed by atoms with E-state index in [1.165, 1.54) is 6.42 Å². The zero-order chi connectivity index (χ0) is 38.1. The van der Waals surface area contributed by atoms with E-state index in [-0.39, 0.29) is 56.4 Å². The number of alkyl carbamates (subject to hydrolysis) is 1. The Morgan fingerprint density at radius 1 is 0.873 bits per heavy atom. The molecule has 3 aromatic carbocycles. The van der Waals surface area contributed by atoms with Crippen molar-refractivity contribution >= 4 is 23.9 Å². The van der Waals surface area contributed by atoms with Crippen molar-refractivity contribution in [2.75, 3.05) is 19.8 Å². The number of aliphatic hydroxyl groups excluding tert-OH is 1. The van der Waals surface area contributed by atoms with Gasteiger partial charge in [0.1, 0.15) is 19.3 Å². The van der Waals surface area contributed by atoms with Gasteiger partial charge in [-0.05, 0) is 71.4 Å².